The minimum absolute atomic E-state index is 0.0232. The predicted molar refractivity (Wildman–Crippen MR) is 84.8 cm³/mol. The molecule has 0 unspecified atom stereocenters. The molecule has 0 saturated carbocycles. The molecule has 0 spiro atoms. The van der Waals surface area contributed by atoms with Gasteiger partial charge in [0, 0.05) is 25.9 Å². The quantitative estimate of drug-likeness (QED) is 0.533. The summed E-state index contributed by atoms with van der Waals surface area (Å²) >= 11 is 0. The van der Waals surface area contributed by atoms with Gasteiger partial charge in [-0.1, -0.05) is 0 Å². The average Bonchev–Trinajstić information content (AvgIpc) is 2.40. The van der Waals surface area contributed by atoms with Crippen molar-refractivity contribution in [2.75, 3.05) is 19.6 Å². The largest absolute Gasteiger partial charge is 0.444 e. The van der Waals surface area contributed by atoms with Gasteiger partial charge < -0.3 is 25.5 Å². The van der Waals surface area contributed by atoms with Crippen molar-refractivity contribution < 1.29 is 23.9 Å². The van der Waals surface area contributed by atoms with Crippen molar-refractivity contribution in [2.45, 2.75) is 52.6 Å². The first kappa shape index (κ1) is 20.9. The van der Waals surface area contributed by atoms with Crippen molar-refractivity contribution in [3.63, 3.8) is 0 Å². The lowest BCUT2D eigenvalue weighted by Gasteiger charge is -2.19. The highest BCUT2D eigenvalue weighted by atomic mass is 16.6. The zero-order valence-electron chi connectivity index (χ0n) is 14.3. The van der Waals surface area contributed by atoms with Gasteiger partial charge in [0.25, 0.3) is 0 Å². The van der Waals surface area contributed by atoms with E-state index in [1.54, 1.807) is 20.8 Å². The molecule has 0 aliphatic carbocycles. The second kappa shape index (κ2) is 10.6. The molecular weight excluding hydrogens is 302 g/mol. The molecule has 0 fully saturated rings. The average molecular weight is 329 g/mol. The molecule has 3 N–H and O–H groups in total. The molecule has 0 aliphatic heterocycles. The molecule has 8 heteroatoms. The highest BCUT2D eigenvalue weighted by Crippen LogP contribution is 2.05. The number of nitrogens with one attached hydrogen (secondary N) is 3. The van der Waals surface area contributed by atoms with Crippen molar-refractivity contribution in [3.05, 3.63) is 0 Å². The first-order valence-corrected chi connectivity index (χ1v) is 7.60. The summed E-state index contributed by atoms with van der Waals surface area (Å²) in [7, 11) is 0. The Labute approximate surface area is 136 Å². The van der Waals surface area contributed by atoms with Crippen LogP contribution in [0.3, 0.4) is 0 Å². The second-order valence-electron chi connectivity index (χ2n) is 6.11. The lowest BCUT2D eigenvalue weighted by atomic mass is 10.2. The Hall–Kier alpha value is -2.12. The number of rotatable bonds is 9. The molecule has 3 amide bonds. The Morgan fingerprint density at radius 1 is 0.870 bits per heavy atom. The molecule has 0 atom stereocenters. The van der Waals surface area contributed by atoms with Gasteiger partial charge in [-0.05, 0) is 34.1 Å². The molecule has 0 saturated heterocycles. The van der Waals surface area contributed by atoms with Gasteiger partial charge in [-0.25, -0.2) is 4.79 Å². The van der Waals surface area contributed by atoms with Gasteiger partial charge in [0.1, 0.15) is 11.4 Å². The van der Waals surface area contributed by atoms with E-state index < -0.39 is 11.7 Å². The molecular formula is C15H27N3O5. The van der Waals surface area contributed by atoms with E-state index in [0.29, 0.717) is 19.5 Å². The van der Waals surface area contributed by atoms with E-state index in [1.807, 2.05) is 0 Å². The summed E-state index contributed by atoms with van der Waals surface area (Å²) in [5.41, 5.74) is -0.610. The minimum Gasteiger partial charge on any atom is -0.444 e. The monoisotopic (exact) mass is 329 g/mol. The zero-order valence-corrected chi connectivity index (χ0v) is 14.3. The van der Waals surface area contributed by atoms with Crippen LogP contribution in [-0.2, 0) is 19.1 Å². The Bertz CT molecular complexity index is 429. The van der Waals surface area contributed by atoms with E-state index in [9.17, 15) is 19.2 Å². The number of amides is 3. The summed E-state index contributed by atoms with van der Waals surface area (Å²) in [4.78, 5) is 44.9. The minimum atomic E-state index is -0.648. The van der Waals surface area contributed by atoms with Gasteiger partial charge in [0.05, 0.1) is 6.54 Å². The molecule has 0 radical (unpaired) electrons. The molecule has 0 rings (SSSR count). The summed E-state index contributed by atoms with van der Waals surface area (Å²) in [6.07, 6.45) is 0.329. The number of Topliss-reactive ketones (excluding diaryl/α,β-unsaturated/α-hetero) is 1. The Kier molecular flexibility index (Phi) is 9.60. The Morgan fingerprint density at radius 3 is 1.96 bits per heavy atom. The number of hydrogen-bond acceptors (Lipinski definition) is 5. The SMILES string of the molecule is CC(=O)CCC(=O)NCCCNC(=O)CNC(=O)OC(C)(C)C. The number of ketones is 1. The number of hydrogen-bond donors (Lipinski definition) is 3. The first-order chi connectivity index (χ1) is 10.6. The molecule has 0 aromatic carbocycles. The summed E-state index contributed by atoms with van der Waals surface area (Å²) < 4.78 is 5.00. The summed E-state index contributed by atoms with van der Waals surface area (Å²) in [6, 6.07) is 0. The van der Waals surface area contributed by atoms with Gasteiger partial charge in [0.15, 0.2) is 0 Å². The van der Waals surface area contributed by atoms with Gasteiger partial charge in [-0.2, -0.15) is 0 Å². The Balaban J connectivity index is 3.62. The zero-order chi connectivity index (χ0) is 17.9. The van der Waals surface area contributed by atoms with E-state index in [4.69, 9.17) is 4.74 Å². The smallest absolute Gasteiger partial charge is 0.408 e. The predicted octanol–water partition coefficient (Wildman–Crippen LogP) is 0.503. The van der Waals surface area contributed by atoms with Crippen LogP contribution >= 0.6 is 0 Å². The molecule has 23 heavy (non-hydrogen) atoms. The van der Waals surface area contributed by atoms with Crippen molar-refractivity contribution in [3.8, 4) is 0 Å². The second-order valence-corrected chi connectivity index (χ2v) is 6.11. The standard InChI is InChI=1S/C15H27N3O5/c1-11(19)6-7-12(20)16-8-5-9-17-13(21)10-18-14(22)23-15(2,3)4/h5-10H2,1-4H3,(H,16,20)(H,17,21)(H,18,22). The fourth-order valence-electron chi connectivity index (χ4n) is 1.45. The van der Waals surface area contributed by atoms with Crippen LogP contribution in [0.4, 0.5) is 4.79 Å². The lowest BCUT2D eigenvalue weighted by molar-refractivity contribution is -0.124. The number of ether oxygens (including phenoxy) is 1. The van der Waals surface area contributed by atoms with Crippen molar-refractivity contribution in [1.82, 2.24) is 16.0 Å². The first-order valence-electron chi connectivity index (χ1n) is 7.60. The molecule has 8 nitrogen and oxygen atoms in total. The molecule has 0 bridgehead atoms. The van der Waals surface area contributed by atoms with Crippen LogP contribution in [0.1, 0.15) is 47.0 Å². The van der Waals surface area contributed by atoms with Crippen LogP contribution in [0.15, 0.2) is 0 Å². The van der Waals surface area contributed by atoms with E-state index in [1.165, 1.54) is 6.92 Å². The number of alkyl carbamates (subject to hydrolysis) is 1. The van der Waals surface area contributed by atoms with Gasteiger partial charge in [-0.15, -0.1) is 0 Å². The Morgan fingerprint density at radius 2 is 1.43 bits per heavy atom. The third kappa shape index (κ3) is 14.6. The molecule has 0 aromatic heterocycles. The third-order valence-corrected chi connectivity index (χ3v) is 2.49. The lowest BCUT2D eigenvalue weighted by Crippen LogP contribution is -2.40. The van der Waals surface area contributed by atoms with Gasteiger partial charge >= 0.3 is 6.09 Å². The molecule has 0 aliphatic rings. The maximum absolute atomic E-state index is 11.5. The van der Waals surface area contributed by atoms with Crippen molar-refractivity contribution in [1.29, 1.82) is 0 Å². The van der Waals surface area contributed by atoms with E-state index in [-0.39, 0.29) is 37.0 Å². The van der Waals surface area contributed by atoms with E-state index >= 15 is 0 Å². The summed E-state index contributed by atoms with van der Waals surface area (Å²) in [5.74, 6) is -0.540. The van der Waals surface area contributed by atoms with Gasteiger partial charge in [0.2, 0.25) is 11.8 Å². The fourth-order valence-corrected chi connectivity index (χ4v) is 1.45. The summed E-state index contributed by atoms with van der Waals surface area (Å²) in [5, 5.41) is 7.62. The maximum Gasteiger partial charge on any atom is 0.408 e. The molecule has 0 heterocycles. The fraction of sp³-hybridized carbons (Fsp3) is 0.733. The van der Waals surface area contributed by atoms with Gasteiger partial charge in [-0.3, -0.25) is 9.59 Å². The van der Waals surface area contributed by atoms with E-state index in [0.717, 1.165) is 0 Å². The van der Waals surface area contributed by atoms with Crippen LogP contribution in [0.2, 0.25) is 0 Å². The number of carbonyl (C=O) groups excluding carboxylic acids is 4. The molecule has 0 aromatic rings. The van der Waals surface area contributed by atoms with Crippen molar-refractivity contribution >= 4 is 23.7 Å². The van der Waals surface area contributed by atoms with Crippen LogP contribution in [0, 0.1) is 0 Å². The molecule has 132 valence electrons. The number of carbonyl (C=O) groups is 4. The highest BCUT2D eigenvalue weighted by molar-refractivity contribution is 5.83. The van der Waals surface area contributed by atoms with Crippen LogP contribution in [0.25, 0.3) is 0 Å². The third-order valence-electron chi connectivity index (χ3n) is 2.49. The highest BCUT2D eigenvalue weighted by Gasteiger charge is 2.16. The van der Waals surface area contributed by atoms with Crippen LogP contribution in [0.5, 0.6) is 0 Å². The van der Waals surface area contributed by atoms with Crippen LogP contribution in [-0.4, -0.2) is 48.9 Å². The normalized spacial score (nSPS) is 10.6. The van der Waals surface area contributed by atoms with Crippen molar-refractivity contribution in [2.24, 2.45) is 0 Å². The topological polar surface area (TPSA) is 114 Å². The van der Waals surface area contributed by atoms with E-state index in [2.05, 4.69) is 16.0 Å². The summed E-state index contributed by atoms with van der Waals surface area (Å²) in [6.45, 7) is 7.26. The van der Waals surface area contributed by atoms with Crippen LogP contribution < -0.4 is 16.0 Å². The maximum atomic E-state index is 11.5.